The summed E-state index contributed by atoms with van der Waals surface area (Å²) in [5.74, 6) is 0. The van der Waals surface area contributed by atoms with Gasteiger partial charge in [0.05, 0.1) is 5.69 Å². The highest BCUT2D eigenvalue weighted by Crippen LogP contribution is 2.46. The zero-order valence-corrected chi connectivity index (χ0v) is 15.5. The van der Waals surface area contributed by atoms with E-state index in [4.69, 9.17) is 0 Å². The lowest BCUT2D eigenvalue weighted by Gasteiger charge is -2.08. The fourth-order valence-electron chi connectivity index (χ4n) is 3.52. The first kappa shape index (κ1) is 16.0. The van der Waals surface area contributed by atoms with Gasteiger partial charge in [0.1, 0.15) is 0 Å². The summed E-state index contributed by atoms with van der Waals surface area (Å²) in [6.45, 7) is 0. The van der Waals surface area contributed by atoms with Gasteiger partial charge in [-0.3, -0.25) is 4.98 Å². The van der Waals surface area contributed by atoms with Gasteiger partial charge in [0.2, 0.25) is 0 Å². The Labute approximate surface area is 162 Å². The Morgan fingerprint density at radius 2 is 1.15 bits per heavy atom. The molecule has 0 aliphatic rings. The number of hydrogen-bond donors (Lipinski definition) is 0. The number of benzene rings is 3. The molecule has 0 saturated heterocycles. The Morgan fingerprint density at radius 3 is 1.89 bits per heavy atom. The molecule has 2 heteroatoms. The van der Waals surface area contributed by atoms with Crippen LogP contribution in [0.15, 0.2) is 103 Å². The zero-order chi connectivity index (χ0) is 18.1. The van der Waals surface area contributed by atoms with Crippen LogP contribution in [0.25, 0.3) is 42.9 Å². The lowest BCUT2D eigenvalue weighted by molar-refractivity contribution is 1.33. The summed E-state index contributed by atoms with van der Waals surface area (Å²) < 4.78 is 0. The molecule has 2 heterocycles. The molecule has 0 bridgehead atoms. The van der Waals surface area contributed by atoms with Crippen molar-refractivity contribution in [3.05, 3.63) is 103 Å². The van der Waals surface area contributed by atoms with Gasteiger partial charge in [0, 0.05) is 37.9 Å². The predicted molar refractivity (Wildman–Crippen MR) is 116 cm³/mol. The topological polar surface area (TPSA) is 12.9 Å². The van der Waals surface area contributed by atoms with Gasteiger partial charge in [0.15, 0.2) is 0 Å². The predicted octanol–water partition coefficient (Wildman–Crippen LogP) is 7.30. The summed E-state index contributed by atoms with van der Waals surface area (Å²) in [5.41, 5.74) is 4.68. The van der Waals surface area contributed by atoms with Crippen LogP contribution in [0.1, 0.15) is 0 Å². The van der Waals surface area contributed by atoms with Crippen molar-refractivity contribution in [2.45, 2.75) is 0 Å². The smallest absolute Gasteiger partial charge is 0.0708 e. The summed E-state index contributed by atoms with van der Waals surface area (Å²) in [4.78, 5) is 7.20. The average molecular weight is 363 g/mol. The number of aromatic nitrogens is 1. The minimum absolute atomic E-state index is 1.01. The minimum Gasteiger partial charge on any atom is -0.256 e. The van der Waals surface area contributed by atoms with Gasteiger partial charge in [-0.1, -0.05) is 84.9 Å². The lowest BCUT2D eigenvalue weighted by atomic mass is 9.99. The van der Waals surface area contributed by atoms with E-state index in [-0.39, 0.29) is 0 Å². The van der Waals surface area contributed by atoms with Gasteiger partial charge in [0.25, 0.3) is 0 Å². The highest BCUT2D eigenvalue weighted by Gasteiger charge is 2.16. The molecule has 0 radical (unpaired) electrons. The first-order valence-electron chi connectivity index (χ1n) is 8.99. The number of rotatable bonds is 3. The van der Waals surface area contributed by atoms with E-state index in [0.29, 0.717) is 0 Å². The second kappa shape index (κ2) is 6.82. The molecule has 5 aromatic rings. The maximum atomic E-state index is 4.58. The standard InChI is InChI=1S/C25H17NS/c1-2-10-18(11-3-1)24-21-14-6-7-15-22(21)25(27-24)20-13-5-4-12-19(20)23-16-8-9-17-26-23/h1-17H. The Bertz CT molecular complexity index is 1210. The third-order valence-corrected chi connectivity index (χ3v) is 6.07. The Hall–Kier alpha value is -3.23. The second-order valence-electron chi connectivity index (χ2n) is 6.43. The maximum Gasteiger partial charge on any atom is 0.0708 e. The Kier molecular flexibility index (Phi) is 4.04. The van der Waals surface area contributed by atoms with Gasteiger partial charge in [-0.2, -0.15) is 0 Å². The molecule has 0 unspecified atom stereocenters. The first-order chi connectivity index (χ1) is 13.4. The van der Waals surface area contributed by atoms with Crippen molar-refractivity contribution in [1.29, 1.82) is 0 Å². The van der Waals surface area contributed by atoms with Crippen LogP contribution in [-0.2, 0) is 0 Å². The molecule has 0 fully saturated rings. The van der Waals surface area contributed by atoms with Gasteiger partial charge < -0.3 is 0 Å². The lowest BCUT2D eigenvalue weighted by Crippen LogP contribution is -1.85. The molecule has 0 amide bonds. The molecule has 2 aromatic heterocycles. The summed E-state index contributed by atoms with van der Waals surface area (Å²) >= 11 is 1.86. The van der Waals surface area contributed by atoms with Gasteiger partial charge in [-0.05, 0) is 17.7 Å². The van der Waals surface area contributed by atoms with Crippen LogP contribution in [-0.4, -0.2) is 4.98 Å². The summed E-state index contributed by atoms with van der Waals surface area (Å²) in [7, 11) is 0. The van der Waals surface area contributed by atoms with E-state index in [9.17, 15) is 0 Å². The quantitative estimate of drug-likeness (QED) is 0.328. The zero-order valence-electron chi connectivity index (χ0n) is 14.7. The SMILES string of the molecule is c1ccc(-c2sc(-c3ccccc3-c3ccccn3)c3ccccc23)cc1. The molecule has 3 aromatic carbocycles. The van der Waals surface area contributed by atoms with E-state index in [1.54, 1.807) is 0 Å². The third kappa shape index (κ3) is 2.84. The van der Waals surface area contributed by atoms with Crippen LogP contribution in [0.3, 0.4) is 0 Å². The van der Waals surface area contributed by atoms with Crippen molar-refractivity contribution < 1.29 is 0 Å². The number of fused-ring (bicyclic) bond motifs is 1. The van der Waals surface area contributed by atoms with Crippen molar-refractivity contribution in [2.24, 2.45) is 0 Å². The van der Waals surface area contributed by atoms with Crippen LogP contribution < -0.4 is 0 Å². The molecule has 0 saturated carbocycles. The van der Waals surface area contributed by atoms with E-state index < -0.39 is 0 Å². The van der Waals surface area contributed by atoms with Crippen LogP contribution >= 0.6 is 11.3 Å². The van der Waals surface area contributed by atoms with Crippen LogP contribution in [0.2, 0.25) is 0 Å². The number of hydrogen-bond acceptors (Lipinski definition) is 2. The molecule has 0 spiro atoms. The van der Waals surface area contributed by atoms with Crippen molar-refractivity contribution in [3.8, 4) is 32.1 Å². The normalized spacial score (nSPS) is 11.0. The Balaban J connectivity index is 1.79. The molecule has 0 aliphatic heterocycles. The summed E-state index contributed by atoms with van der Waals surface area (Å²) in [5, 5.41) is 2.60. The van der Waals surface area contributed by atoms with E-state index in [0.717, 1.165) is 5.69 Å². The Morgan fingerprint density at radius 1 is 0.519 bits per heavy atom. The van der Waals surface area contributed by atoms with E-state index >= 15 is 0 Å². The fourth-order valence-corrected chi connectivity index (χ4v) is 4.84. The number of pyridine rings is 1. The maximum absolute atomic E-state index is 4.58. The molecule has 0 atom stereocenters. The van der Waals surface area contributed by atoms with E-state index in [2.05, 4.69) is 89.9 Å². The average Bonchev–Trinajstić information content (AvgIpc) is 3.15. The molecule has 5 rings (SSSR count). The molecule has 0 aliphatic carbocycles. The minimum atomic E-state index is 1.01. The van der Waals surface area contributed by atoms with Crippen molar-refractivity contribution >= 4 is 22.1 Å². The van der Waals surface area contributed by atoms with Gasteiger partial charge >= 0.3 is 0 Å². The highest BCUT2D eigenvalue weighted by molar-refractivity contribution is 7.21. The van der Waals surface area contributed by atoms with Crippen molar-refractivity contribution in [3.63, 3.8) is 0 Å². The van der Waals surface area contributed by atoms with Gasteiger partial charge in [-0.15, -0.1) is 11.3 Å². The highest BCUT2D eigenvalue weighted by atomic mass is 32.1. The third-order valence-electron chi connectivity index (χ3n) is 4.77. The van der Waals surface area contributed by atoms with Crippen molar-refractivity contribution in [2.75, 3.05) is 0 Å². The largest absolute Gasteiger partial charge is 0.256 e. The van der Waals surface area contributed by atoms with E-state index in [1.807, 2.05) is 29.7 Å². The summed E-state index contributed by atoms with van der Waals surface area (Å²) in [6, 6.07) is 34.0. The fraction of sp³-hybridized carbons (Fsp3) is 0. The molecule has 128 valence electrons. The van der Waals surface area contributed by atoms with Crippen LogP contribution in [0.5, 0.6) is 0 Å². The molecular weight excluding hydrogens is 346 g/mol. The summed E-state index contributed by atoms with van der Waals surface area (Å²) in [6.07, 6.45) is 1.86. The first-order valence-corrected chi connectivity index (χ1v) is 9.81. The molecular formula is C25H17NS. The number of thiophene rings is 1. The molecule has 1 nitrogen and oxygen atoms in total. The van der Waals surface area contributed by atoms with Crippen LogP contribution in [0, 0.1) is 0 Å². The van der Waals surface area contributed by atoms with E-state index in [1.165, 1.54) is 37.2 Å². The molecule has 27 heavy (non-hydrogen) atoms. The number of nitrogens with zero attached hydrogens (tertiary/aromatic N) is 1. The van der Waals surface area contributed by atoms with Crippen LogP contribution in [0.4, 0.5) is 0 Å². The molecule has 0 N–H and O–H groups in total. The second-order valence-corrected chi connectivity index (χ2v) is 7.45. The van der Waals surface area contributed by atoms with Crippen molar-refractivity contribution in [1.82, 2.24) is 4.98 Å². The monoisotopic (exact) mass is 363 g/mol. The van der Waals surface area contributed by atoms with Gasteiger partial charge in [-0.25, -0.2) is 0 Å².